The summed E-state index contributed by atoms with van der Waals surface area (Å²) in [5.41, 5.74) is 0. The van der Waals surface area contributed by atoms with Crippen LogP contribution in [-0.2, 0) is 0 Å². The minimum Gasteiger partial charge on any atom is -0.473 e. The largest absolute Gasteiger partial charge is 0.473 e. The molecule has 0 aliphatic heterocycles. The van der Waals surface area contributed by atoms with E-state index in [9.17, 15) is 0 Å². The molecule has 2 N–H and O–H groups in total. The van der Waals surface area contributed by atoms with Gasteiger partial charge in [0.15, 0.2) is 0 Å². The fraction of sp³-hybridized carbons (Fsp3) is 0.541. The predicted molar refractivity (Wildman–Crippen MR) is 199 cm³/mol. The molecule has 5 aromatic rings. The molecule has 45 heavy (non-hydrogen) atoms. The van der Waals surface area contributed by atoms with Gasteiger partial charge in [0.25, 0.3) is 0 Å². The quantitative estimate of drug-likeness (QED) is 0.174. The first-order valence-electron chi connectivity index (χ1n) is 15.8. The normalized spacial score (nSPS) is 8.44. The van der Waals surface area contributed by atoms with Crippen molar-refractivity contribution in [2.45, 2.75) is 104 Å². The Morgan fingerprint density at radius 1 is 0.489 bits per heavy atom. The molecule has 0 fully saturated rings. The monoisotopic (exact) mass is 648 g/mol. The molecule has 0 saturated carbocycles. The summed E-state index contributed by atoms with van der Waals surface area (Å²) in [6, 6.07) is 13.0. The molecule has 0 aliphatic carbocycles. The molecule has 0 aromatic carbocycles. The Bertz CT molecular complexity index is 646. The summed E-state index contributed by atoms with van der Waals surface area (Å²) in [4.78, 5) is 2.86. The van der Waals surface area contributed by atoms with Crippen molar-refractivity contribution in [1.82, 2.24) is 24.7 Å². The Kier molecular flexibility index (Phi) is 54.1. The standard InChI is InChI=1S/C4H5N.C4H4O.5C4H10.C3H4N2.C3H3NO.C3H3NS/c2*1-2-4-5-3-1;5*1-4(2)3;3*1-2-4-5-3-1/h1-5H;1-4H;5*4H,1-3H3;1-3H,(H,4,5);2*1-3H. The average molecular weight is 648 g/mol. The molecule has 0 unspecified atom stereocenters. The van der Waals surface area contributed by atoms with Crippen molar-refractivity contribution in [3.8, 4) is 0 Å². The van der Waals surface area contributed by atoms with Crippen LogP contribution in [0.3, 0.4) is 0 Å². The lowest BCUT2D eigenvalue weighted by Gasteiger charge is -1.79. The van der Waals surface area contributed by atoms with Crippen LogP contribution in [0.5, 0.6) is 0 Å². The number of aromatic nitrogens is 5. The van der Waals surface area contributed by atoms with E-state index in [1.54, 1.807) is 43.4 Å². The topological polar surface area (TPSA) is 96.5 Å². The Balaban J connectivity index is -0.000000132. The van der Waals surface area contributed by atoms with Gasteiger partial charge in [-0.15, -0.1) is 0 Å². The minimum atomic E-state index is 0.833. The van der Waals surface area contributed by atoms with Gasteiger partial charge in [-0.05, 0) is 83.6 Å². The van der Waals surface area contributed by atoms with Crippen molar-refractivity contribution < 1.29 is 8.94 Å². The van der Waals surface area contributed by atoms with Crippen LogP contribution in [0.4, 0.5) is 0 Å². The van der Waals surface area contributed by atoms with Crippen molar-refractivity contribution in [1.29, 1.82) is 0 Å². The summed E-state index contributed by atoms with van der Waals surface area (Å²) in [7, 11) is 0. The zero-order valence-electron chi connectivity index (χ0n) is 31.3. The summed E-state index contributed by atoms with van der Waals surface area (Å²) >= 11 is 1.46. The highest BCUT2D eigenvalue weighted by Crippen LogP contribution is 1.84. The van der Waals surface area contributed by atoms with Gasteiger partial charge in [0.05, 0.1) is 18.7 Å². The molecule has 5 rings (SSSR count). The second kappa shape index (κ2) is 47.5. The number of hydrogen-bond acceptors (Lipinski definition) is 6. The molecule has 7 nitrogen and oxygen atoms in total. The number of hydrogen-bond donors (Lipinski definition) is 2. The van der Waals surface area contributed by atoms with Gasteiger partial charge in [0.2, 0.25) is 0 Å². The second-order valence-electron chi connectivity index (χ2n) is 12.5. The van der Waals surface area contributed by atoms with Crippen molar-refractivity contribution in [3.63, 3.8) is 0 Å². The molecule has 0 amide bonds. The van der Waals surface area contributed by atoms with Gasteiger partial charge < -0.3 is 13.9 Å². The predicted octanol–water partition coefficient (Wildman–Crippen LogP) is 12.8. The molecule has 0 aliphatic rings. The molecule has 0 atom stereocenters. The molecule has 0 saturated heterocycles. The van der Waals surface area contributed by atoms with E-state index in [0.29, 0.717) is 0 Å². The van der Waals surface area contributed by atoms with Crippen LogP contribution in [0.1, 0.15) is 104 Å². The van der Waals surface area contributed by atoms with Crippen LogP contribution < -0.4 is 0 Å². The van der Waals surface area contributed by atoms with Crippen molar-refractivity contribution in [3.05, 3.63) is 104 Å². The summed E-state index contributed by atoms with van der Waals surface area (Å²) in [6.45, 7) is 32.5. The summed E-state index contributed by atoms with van der Waals surface area (Å²) < 4.78 is 12.7. The number of nitrogens with one attached hydrogen (secondary N) is 2. The van der Waals surface area contributed by atoms with E-state index in [4.69, 9.17) is 0 Å². The first-order valence-corrected chi connectivity index (χ1v) is 16.7. The van der Waals surface area contributed by atoms with Gasteiger partial charge >= 0.3 is 0 Å². The maximum atomic E-state index is 4.58. The van der Waals surface area contributed by atoms with E-state index in [-0.39, 0.29) is 0 Å². The first kappa shape index (κ1) is 51.2. The van der Waals surface area contributed by atoms with E-state index in [1.807, 2.05) is 54.2 Å². The third-order valence-corrected chi connectivity index (χ3v) is 2.54. The molecule has 0 bridgehead atoms. The Morgan fingerprint density at radius 2 is 0.956 bits per heavy atom. The van der Waals surface area contributed by atoms with Crippen molar-refractivity contribution in [2.75, 3.05) is 0 Å². The van der Waals surface area contributed by atoms with Gasteiger partial charge in [0, 0.05) is 36.4 Å². The van der Waals surface area contributed by atoms with Gasteiger partial charge in [-0.25, -0.2) is 4.37 Å². The zero-order chi connectivity index (χ0) is 35.6. The first-order chi connectivity index (χ1) is 21.2. The number of H-pyrrole nitrogens is 2. The fourth-order valence-electron chi connectivity index (χ4n) is 1.07. The molecule has 5 aromatic heterocycles. The molecule has 0 spiro atoms. The fourth-order valence-corrected chi connectivity index (χ4v) is 1.42. The van der Waals surface area contributed by atoms with E-state index in [0.717, 1.165) is 29.6 Å². The lowest BCUT2D eigenvalue weighted by Crippen LogP contribution is -1.66. The molecule has 8 heteroatoms. The Morgan fingerprint density at radius 3 is 1.07 bits per heavy atom. The molecular weight excluding hydrogens is 579 g/mol. The van der Waals surface area contributed by atoms with Crippen LogP contribution >= 0.6 is 11.5 Å². The summed E-state index contributed by atoms with van der Waals surface area (Å²) in [6.07, 6.45) is 15.3. The number of aromatic amines is 2. The number of furan rings is 1. The van der Waals surface area contributed by atoms with Crippen LogP contribution in [0.2, 0.25) is 0 Å². The van der Waals surface area contributed by atoms with Crippen molar-refractivity contribution in [2.24, 2.45) is 29.6 Å². The highest BCUT2D eigenvalue weighted by Gasteiger charge is 1.70. The minimum absolute atomic E-state index is 0.833. The van der Waals surface area contributed by atoms with Gasteiger partial charge in [-0.3, -0.25) is 5.10 Å². The maximum Gasteiger partial charge on any atom is 0.123 e. The highest BCUT2D eigenvalue weighted by molar-refractivity contribution is 7.03. The lowest BCUT2D eigenvalue weighted by molar-refractivity contribution is 0.420. The van der Waals surface area contributed by atoms with Crippen LogP contribution in [0, 0.1) is 29.6 Å². The van der Waals surface area contributed by atoms with Crippen LogP contribution in [0.15, 0.2) is 113 Å². The summed E-state index contributed by atoms with van der Waals surface area (Å²) in [5.74, 6) is 4.17. The van der Waals surface area contributed by atoms with E-state index < -0.39 is 0 Å². The van der Waals surface area contributed by atoms with Gasteiger partial charge in [-0.1, -0.05) is 109 Å². The Labute approximate surface area is 281 Å². The lowest BCUT2D eigenvalue weighted by atomic mass is 10.3. The second-order valence-corrected chi connectivity index (χ2v) is 13.2. The smallest absolute Gasteiger partial charge is 0.123 e. The average Bonchev–Trinajstić information content (AvgIpc) is 3.78. The third-order valence-electron chi connectivity index (χ3n) is 2.02. The van der Waals surface area contributed by atoms with Gasteiger partial charge in [0.1, 0.15) is 6.26 Å². The van der Waals surface area contributed by atoms with E-state index in [1.165, 1.54) is 17.8 Å². The molecule has 0 radical (unpaired) electrons. The van der Waals surface area contributed by atoms with Crippen LogP contribution in [0.25, 0.3) is 0 Å². The SMILES string of the molecule is CC(C)C.CC(C)C.CC(C)C.CC(C)C.CC(C)C.c1cc[nH]c1.c1ccoc1.c1cn[nH]c1.c1cnoc1.c1cnsc1. The third kappa shape index (κ3) is 130. The Hall–Kier alpha value is -3.39. The summed E-state index contributed by atoms with van der Waals surface area (Å²) in [5, 5.41) is 11.5. The van der Waals surface area contributed by atoms with Crippen LogP contribution in [-0.4, -0.2) is 24.7 Å². The molecule has 260 valence electrons. The number of rotatable bonds is 0. The van der Waals surface area contributed by atoms with Gasteiger partial charge in [-0.2, -0.15) is 5.10 Å². The van der Waals surface area contributed by atoms with E-state index in [2.05, 4.69) is 138 Å². The maximum absolute atomic E-state index is 4.58. The zero-order valence-corrected chi connectivity index (χ0v) is 32.1. The molecular formula is C37H69N5O2S. The van der Waals surface area contributed by atoms with E-state index >= 15 is 0 Å². The van der Waals surface area contributed by atoms with Crippen molar-refractivity contribution >= 4 is 11.5 Å². The molecule has 5 heterocycles. The highest BCUT2D eigenvalue weighted by atomic mass is 32.1. The number of nitrogens with zero attached hydrogens (tertiary/aromatic N) is 3.